The van der Waals surface area contributed by atoms with Crippen LogP contribution in [0.3, 0.4) is 0 Å². The lowest BCUT2D eigenvalue weighted by atomic mass is 10.0. The molecule has 0 unspecified atom stereocenters. The fourth-order valence-electron chi connectivity index (χ4n) is 2.18. The van der Waals surface area contributed by atoms with Crippen molar-refractivity contribution in [1.29, 1.82) is 0 Å². The molecule has 0 radical (unpaired) electrons. The van der Waals surface area contributed by atoms with Crippen LogP contribution in [0.1, 0.15) is 31.9 Å². The quantitative estimate of drug-likeness (QED) is 0.705. The standard InChI is InChI=1S/C15H21NO2/c1-15(2,3)18-14(17)16-10-8-12-6-4-5-7-13(12)9-11-16/h4-7H,8-11H2,1-3H3. The lowest BCUT2D eigenvalue weighted by Crippen LogP contribution is -2.38. The summed E-state index contributed by atoms with van der Waals surface area (Å²) in [5.41, 5.74) is 2.28. The molecule has 1 amide bonds. The second kappa shape index (κ2) is 5.01. The van der Waals surface area contributed by atoms with Gasteiger partial charge in [0, 0.05) is 13.1 Å². The molecular formula is C15H21NO2. The van der Waals surface area contributed by atoms with E-state index in [0.717, 1.165) is 25.9 Å². The van der Waals surface area contributed by atoms with Gasteiger partial charge in [-0.2, -0.15) is 0 Å². The molecule has 98 valence electrons. The van der Waals surface area contributed by atoms with Crippen molar-refractivity contribution < 1.29 is 9.53 Å². The van der Waals surface area contributed by atoms with Crippen LogP contribution < -0.4 is 0 Å². The minimum absolute atomic E-state index is 0.199. The number of rotatable bonds is 0. The lowest BCUT2D eigenvalue weighted by molar-refractivity contribution is 0.0258. The van der Waals surface area contributed by atoms with Crippen LogP contribution in [0.15, 0.2) is 24.3 Å². The lowest BCUT2D eigenvalue weighted by Gasteiger charge is -2.26. The number of fused-ring (bicyclic) bond motifs is 1. The van der Waals surface area contributed by atoms with Crippen molar-refractivity contribution in [3.05, 3.63) is 35.4 Å². The molecule has 1 aromatic rings. The van der Waals surface area contributed by atoms with Gasteiger partial charge in [-0.1, -0.05) is 24.3 Å². The maximum absolute atomic E-state index is 12.0. The van der Waals surface area contributed by atoms with Gasteiger partial charge in [0.05, 0.1) is 0 Å². The maximum Gasteiger partial charge on any atom is 0.410 e. The van der Waals surface area contributed by atoms with Crippen LogP contribution >= 0.6 is 0 Å². The average Bonchev–Trinajstić information content (AvgIpc) is 2.49. The smallest absolute Gasteiger partial charge is 0.410 e. The van der Waals surface area contributed by atoms with Gasteiger partial charge in [0.25, 0.3) is 0 Å². The third kappa shape index (κ3) is 3.25. The average molecular weight is 247 g/mol. The third-order valence-electron chi connectivity index (χ3n) is 3.07. The van der Waals surface area contributed by atoms with Gasteiger partial charge in [0.1, 0.15) is 5.60 Å². The summed E-state index contributed by atoms with van der Waals surface area (Å²) in [4.78, 5) is 13.8. The summed E-state index contributed by atoms with van der Waals surface area (Å²) in [6.07, 6.45) is 1.63. The predicted molar refractivity (Wildman–Crippen MR) is 71.7 cm³/mol. The largest absolute Gasteiger partial charge is 0.444 e. The summed E-state index contributed by atoms with van der Waals surface area (Å²) in [5, 5.41) is 0. The van der Waals surface area contributed by atoms with E-state index < -0.39 is 5.60 Å². The van der Waals surface area contributed by atoms with Crippen molar-refractivity contribution in [2.45, 2.75) is 39.2 Å². The Bertz CT molecular complexity index is 407. The van der Waals surface area contributed by atoms with E-state index in [2.05, 4.69) is 24.3 Å². The highest BCUT2D eigenvalue weighted by Gasteiger charge is 2.23. The summed E-state index contributed by atoms with van der Waals surface area (Å²) in [7, 11) is 0. The zero-order valence-corrected chi connectivity index (χ0v) is 11.4. The number of nitrogens with zero attached hydrogens (tertiary/aromatic N) is 1. The summed E-state index contributed by atoms with van der Waals surface area (Å²) < 4.78 is 5.42. The topological polar surface area (TPSA) is 29.5 Å². The van der Waals surface area contributed by atoms with Gasteiger partial charge in [0.2, 0.25) is 0 Å². The zero-order chi connectivity index (χ0) is 13.2. The number of hydrogen-bond donors (Lipinski definition) is 0. The van der Waals surface area contributed by atoms with Crippen LogP contribution in [0.4, 0.5) is 4.79 Å². The second-order valence-electron chi connectivity index (χ2n) is 5.74. The van der Waals surface area contributed by atoms with E-state index in [1.807, 2.05) is 25.7 Å². The first-order valence-electron chi connectivity index (χ1n) is 6.50. The summed E-state index contributed by atoms with van der Waals surface area (Å²) in [6.45, 7) is 7.18. The fourth-order valence-corrected chi connectivity index (χ4v) is 2.18. The van der Waals surface area contributed by atoms with Crippen LogP contribution in [0.5, 0.6) is 0 Å². The van der Waals surface area contributed by atoms with Crippen molar-refractivity contribution in [3.8, 4) is 0 Å². The number of benzene rings is 1. The molecule has 1 aromatic carbocycles. The highest BCUT2D eigenvalue weighted by Crippen LogP contribution is 2.17. The van der Waals surface area contributed by atoms with Crippen molar-refractivity contribution in [1.82, 2.24) is 4.90 Å². The molecule has 0 fully saturated rings. The van der Waals surface area contributed by atoms with Crippen molar-refractivity contribution in [2.24, 2.45) is 0 Å². The molecule has 3 nitrogen and oxygen atoms in total. The highest BCUT2D eigenvalue weighted by atomic mass is 16.6. The Balaban J connectivity index is 2.02. The SMILES string of the molecule is CC(C)(C)OC(=O)N1CCc2ccccc2CC1. The Labute approximate surface area is 109 Å². The van der Waals surface area contributed by atoms with Crippen LogP contribution in [-0.4, -0.2) is 29.7 Å². The maximum atomic E-state index is 12.0. The van der Waals surface area contributed by atoms with Crippen molar-refractivity contribution in [2.75, 3.05) is 13.1 Å². The van der Waals surface area contributed by atoms with Gasteiger partial charge in [-0.15, -0.1) is 0 Å². The Hall–Kier alpha value is -1.51. The van der Waals surface area contributed by atoms with Crippen LogP contribution in [0, 0.1) is 0 Å². The second-order valence-corrected chi connectivity index (χ2v) is 5.74. The summed E-state index contributed by atoms with van der Waals surface area (Å²) in [6, 6.07) is 8.41. The molecule has 1 aliphatic rings. The minimum Gasteiger partial charge on any atom is -0.444 e. The van der Waals surface area contributed by atoms with E-state index in [4.69, 9.17) is 4.74 Å². The third-order valence-corrected chi connectivity index (χ3v) is 3.07. The summed E-state index contributed by atoms with van der Waals surface area (Å²) in [5.74, 6) is 0. The van der Waals surface area contributed by atoms with E-state index in [-0.39, 0.29) is 6.09 Å². The number of hydrogen-bond acceptors (Lipinski definition) is 2. The molecule has 0 spiro atoms. The Morgan fingerprint density at radius 3 is 2.06 bits per heavy atom. The molecule has 3 heteroatoms. The fraction of sp³-hybridized carbons (Fsp3) is 0.533. The van der Waals surface area contributed by atoms with Gasteiger partial charge >= 0.3 is 6.09 Å². The van der Waals surface area contributed by atoms with E-state index in [0.29, 0.717) is 0 Å². The van der Waals surface area contributed by atoms with E-state index in [1.54, 1.807) is 0 Å². The van der Waals surface area contributed by atoms with E-state index >= 15 is 0 Å². The number of carbonyl (C=O) groups is 1. The first-order valence-corrected chi connectivity index (χ1v) is 6.50. The van der Waals surface area contributed by atoms with Gasteiger partial charge in [-0.3, -0.25) is 0 Å². The number of ether oxygens (including phenoxy) is 1. The predicted octanol–water partition coefficient (Wildman–Crippen LogP) is 3.02. The molecule has 0 aliphatic carbocycles. The monoisotopic (exact) mass is 247 g/mol. The highest BCUT2D eigenvalue weighted by molar-refractivity contribution is 5.68. The molecule has 0 saturated heterocycles. The normalized spacial score (nSPS) is 15.8. The molecule has 0 atom stereocenters. The summed E-state index contributed by atoms with van der Waals surface area (Å²) >= 11 is 0. The van der Waals surface area contributed by atoms with Gasteiger partial charge < -0.3 is 9.64 Å². The molecule has 0 N–H and O–H groups in total. The van der Waals surface area contributed by atoms with Crippen molar-refractivity contribution >= 4 is 6.09 Å². The molecule has 0 aromatic heterocycles. The molecule has 1 aliphatic heterocycles. The van der Waals surface area contributed by atoms with Gasteiger partial charge in [-0.05, 0) is 44.7 Å². The van der Waals surface area contributed by atoms with Crippen molar-refractivity contribution in [3.63, 3.8) is 0 Å². The molecule has 0 saturated carbocycles. The minimum atomic E-state index is -0.420. The first kappa shape index (κ1) is 12.9. The number of amides is 1. The van der Waals surface area contributed by atoms with Gasteiger partial charge in [0.15, 0.2) is 0 Å². The van der Waals surface area contributed by atoms with Gasteiger partial charge in [-0.25, -0.2) is 4.79 Å². The molecule has 0 bridgehead atoms. The number of carbonyl (C=O) groups excluding carboxylic acids is 1. The first-order chi connectivity index (χ1) is 8.46. The Morgan fingerprint density at radius 2 is 1.61 bits per heavy atom. The van der Waals surface area contributed by atoms with Crippen LogP contribution in [0.2, 0.25) is 0 Å². The molecule has 1 heterocycles. The Morgan fingerprint density at radius 1 is 1.11 bits per heavy atom. The zero-order valence-electron chi connectivity index (χ0n) is 11.4. The van der Waals surface area contributed by atoms with Crippen LogP contribution in [0.25, 0.3) is 0 Å². The molecule has 18 heavy (non-hydrogen) atoms. The van der Waals surface area contributed by atoms with E-state index in [9.17, 15) is 4.79 Å². The van der Waals surface area contributed by atoms with Crippen LogP contribution in [-0.2, 0) is 17.6 Å². The van der Waals surface area contributed by atoms with E-state index in [1.165, 1.54) is 11.1 Å². The molecule has 2 rings (SSSR count). The Kier molecular flexibility index (Phi) is 3.60. The molecular weight excluding hydrogens is 226 g/mol.